The van der Waals surface area contributed by atoms with Crippen LogP contribution in [0.4, 0.5) is 0 Å². The van der Waals surface area contributed by atoms with Gasteiger partial charge in [-0.2, -0.15) is 0 Å². The van der Waals surface area contributed by atoms with Gasteiger partial charge in [0.05, 0.1) is 21.3 Å². The Morgan fingerprint density at radius 3 is 2.72 bits per heavy atom. The molecule has 2 aliphatic rings. The summed E-state index contributed by atoms with van der Waals surface area (Å²) in [5.74, 6) is 1.47. The fraction of sp³-hybridized carbons (Fsp3) is 0.579. The Kier molecular flexibility index (Phi) is 5.97. The van der Waals surface area contributed by atoms with Crippen molar-refractivity contribution < 1.29 is 4.79 Å². The van der Waals surface area contributed by atoms with Crippen LogP contribution in [0.25, 0.3) is 10.2 Å². The molecule has 1 aromatic heterocycles. The lowest BCUT2D eigenvalue weighted by atomic mass is 9.92. The van der Waals surface area contributed by atoms with E-state index in [0.29, 0.717) is 17.7 Å². The fourth-order valence-corrected chi connectivity index (χ4v) is 5.06. The standard InChI is InChI=1S/C19H25N3OS.ClH/c1-13-6-9-20-16(12-13)19(23)22-10-7-14(8-11-22)18-21-15-4-2-3-5-17(15)24-18;/h2-5,13-14,16,20H,6-12H2,1H3;1H. The van der Waals surface area contributed by atoms with Crippen LogP contribution in [0.1, 0.15) is 43.5 Å². The molecule has 1 aromatic carbocycles. The van der Waals surface area contributed by atoms with E-state index in [1.807, 2.05) is 17.4 Å². The van der Waals surface area contributed by atoms with Gasteiger partial charge in [-0.15, -0.1) is 23.7 Å². The number of para-hydroxylation sites is 1. The molecule has 6 heteroatoms. The highest BCUT2D eigenvalue weighted by molar-refractivity contribution is 7.18. The fourth-order valence-electron chi connectivity index (χ4n) is 3.93. The van der Waals surface area contributed by atoms with Gasteiger partial charge in [0.15, 0.2) is 0 Å². The normalized spacial score (nSPS) is 24.9. The lowest BCUT2D eigenvalue weighted by Gasteiger charge is -2.36. The molecule has 2 unspecified atom stereocenters. The van der Waals surface area contributed by atoms with Crippen molar-refractivity contribution in [3.8, 4) is 0 Å². The van der Waals surface area contributed by atoms with Gasteiger partial charge in [-0.1, -0.05) is 19.1 Å². The summed E-state index contributed by atoms with van der Waals surface area (Å²) in [6.07, 6.45) is 4.24. The van der Waals surface area contributed by atoms with Crippen molar-refractivity contribution in [2.24, 2.45) is 5.92 Å². The van der Waals surface area contributed by atoms with Crippen molar-refractivity contribution in [2.75, 3.05) is 19.6 Å². The van der Waals surface area contributed by atoms with E-state index in [1.165, 1.54) is 16.1 Å². The Morgan fingerprint density at radius 1 is 1.24 bits per heavy atom. The number of thiazole rings is 1. The van der Waals surface area contributed by atoms with E-state index in [9.17, 15) is 4.79 Å². The molecule has 4 nitrogen and oxygen atoms in total. The predicted octanol–water partition coefficient (Wildman–Crippen LogP) is 3.81. The number of nitrogens with one attached hydrogen (secondary N) is 1. The first-order valence-electron chi connectivity index (χ1n) is 9.08. The van der Waals surface area contributed by atoms with E-state index >= 15 is 0 Å². The molecule has 1 amide bonds. The number of halogens is 1. The molecule has 0 spiro atoms. The number of fused-ring (bicyclic) bond motifs is 1. The summed E-state index contributed by atoms with van der Waals surface area (Å²) in [6, 6.07) is 8.39. The zero-order valence-corrected chi connectivity index (χ0v) is 16.2. The quantitative estimate of drug-likeness (QED) is 0.862. The van der Waals surface area contributed by atoms with Crippen molar-refractivity contribution in [1.82, 2.24) is 15.2 Å². The van der Waals surface area contributed by atoms with E-state index in [1.54, 1.807) is 0 Å². The third-order valence-electron chi connectivity index (χ3n) is 5.43. The summed E-state index contributed by atoms with van der Waals surface area (Å²) < 4.78 is 1.27. The molecule has 2 aliphatic heterocycles. The zero-order chi connectivity index (χ0) is 16.5. The second-order valence-corrected chi connectivity index (χ2v) is 8.32. The molecule has 0 aliphatic carbocycles. The molecule has 2 saturated heterocycles. The Morgan fingerprint density at radius 2 is 2.00 bits per heavy atom. The number of hydrogen-bond acceptors (Lipinski definition) is 4. The average molecular weight is 380 g/mol. The van der Waals surface area contributed by atoms with Gasteiger partial charge < -0.3 is 10.2 Å². The van der Waals surface area contributed by atoms with Crippen molar-refractivity contribution in [1.29, 1.82) is 0 Å². The Balaban J connectivity index is 0.00000182. The van der Waals surface area contributed by atoms with Gasteiger partial charge in [0.1, 0.15) is 0 Å². The van der Waals surface area contributed by atoms with Gasteiger partial charge in [-0.25, -0.2) is 4.98 Å². The van der Waals surface area contributed by atoms with Crippen LogP contribution in [0.3, 0.4) is 0 Å². The number of likely N-dealkylation sites (tertiary alicyclic amines) is 1. The number of amides is 1. The summed E-state index contributed by atoms with van der Waals surface area (Å²) in [5, 5.41) is 4.65. The number of hydrogen-bond donors (Lipinski definition) is 1. The molecular weight excluding hydrogens is 354 g/mol. The number of piperidine rings is 2. The van der Waals surface area contributed by atoms with E-state index in [0.717, 1.165) is 44.4 Å². The highest BCUT2D eigenvalue weighted by Crippen LogP contribution is 2.34. The molecule has 4 rings (SSSR count). The van der Waals surface area contributed by atoms with Crippen molar-refractivity contribution >= 4 is 39.9 Å². The molecule has 0 radical (unpaired) electrons. The molecule has 0 bridgehead atoms. The monoisotopic (exact) mass is 379 g/mol. The minimum absolute atomic E-state index is 0. The van der Waals surface area contributed by atoms with Crippen LogP contribution in [0.2, 0.25) is 0 Å². The molecule has 1 N–H and O–H groups in total. The van der Waals surface area contributed by atoms with Gasteiger partial charge in [0.2, 0.25) is 5.91 Å². The van der Waals surface area contributed by atoms with Crippen molar-refractivity contribution in [2.45, 2.75) is 44.6 Å². The third-order valence-corrected chi connectivity index (χ3v) is 6.63. The SMILES string of the molecule is CC1CCNC(C(=O)N2CCC(c3nc4ccccc4s3)CC2)C1.Cl. The lowest BCUT2D eigenvalue weighted by Crippen LogP contribution is -2.51. The second kappa shape index (κ2) is 8.02. The predicted molar refractivity (Wildman–Crippen MR) is 106 cm³/mol. The number of aromatic nitrogens is 1. The van der Waals surface area contributed by atoms with E-state index in [2.05, 4.69) is 35.3 Å². The number of nitrogens with zero attached hydrogens (tertiary/aromatic N) is 2. The Labute approximate surface area is 159 Å². The number of carbonyl (C=O) groups excluding carboxylic acids is 1. The topological polar surface area (TPSA) is 45.2 Å². The minimum atomic E-state index is 0. The second-order valence-electron chi connectivity index (χ2n) is 7.26. The van der Waals surface area contributed by atoms with Crippen LogP contribution in [-0.4, -0.2) is 41.5 Å². The molecular formula is C19H26ClN3OS. The van der Waals surface area contributed by atoms with Crippen LogP contribution in [0.5, 0.6) is 0 Å². The van der Waals surface area contributed by atoms with Gasteiger partial charge in [0, 0.05) is 19.0 Å². The van der Waals surface area contributed by atoms with Gasteiger partial charge in [-0.05, 0) is 50.3 Å². The zero-order valence-electron chi connectivity index (χ0n) is 14.6. The first kappa shape index (κ1) is 18.6. The highest BCUT2D eigenvalue weighted by Gasteiger charge is 2.31. The van der Waals surface area contributed by atoms with Gasteiger partial charge in [0.25, 0.3) is 0 Å². The maximum absolute atomic E-state index is 12.7. The van der Waals surface area contributed by atoms with E-state index in [4.69, 9.17) is 4.98 Å². The summed E-state index contributed by atoms with van der Waals surface area (Å²) in [6.45, 7) is 4.96. The maximum atomic E-state index is 12.7. The molecule has 0 saturated carbocycles. The van der Waals surface area contributed by atoms with E-state index < -0.39 is 0 Å². The summed E-state index contributed by atoms with van der Waals surface area (Å²) in [5.41, 5.74) is 1.11. The summed E-state index contributed by atoms with van der Waals surface area (Å²) in [4.78, 5) is 19.6. The van der Waals surface area contributed by atoms with Gasteiger partial charge in [-0.3, -0.25) is 4.79 Å². The van der Waals surface area contributed by atoms with Crippen LogP contribution in [0.15, 0.2) is 24.3 Å². The molecule has 136 valence electrons. The number of rotatable bonds is 2. The number of carbonyl (C=O) groups is 1. The largest absolute Gasteiger partial charge is 0.341 e. The molecule has 3 heterocycles. The van der Waals surface area contributed by atoms with Crippen molar-refractivity contribution in [3.63, 3.8) is 0 Å². The molecule has 2 atom stereocenters. The van der Waals surface area contributed by atoms with Gasteiger partial charge >= 0.3 is 0 Å². The third kappa shape index (κ3) is 3.99. The minimum Gasteiger partial charge on any atom is -0.341 e. The molecule has 2 fully saturated rings. The summed E-state index contributed by atoms with van der Waals surface area (Å²) >= 11 is 1.81. The van der Waals surface area contributed by atoms with E-state index in [-0.39, 0.29) is 18.4 Å². The van der Waals surface area contributed by atoms with Crippen LogP contribution in [-0.2, 0) is 4.79 Å². The average Bonchev–Trinajstić information content (AvgIpc) is 3.05. The van der Waals surface area contributed by atoms with Crippen LogP contribution >= 0.6 is 23.7 Å². The first-order chi connectivity index (χ1) is 11.7. The van der Waals surface area contributed by atoms with Crippen LogP contribution in [0, 0.1) is 5.92 Å². The van der Waals surface area contributed by atoms with Crippen molar-refractivity contribution in [3.05, 3.63) is 29.3 Å². The smallest absolute Gasteiger partial charge is 0.239 e. The maximum Gasteiger partial charge on any atom is 0.239 e. The number of benzene rings is 1. The first-order valence-corrected chi connectivity index (χ1v) is 9.90. The lowest BCUT2D eigenvalue weighted by molar-refractivity contribution is -0.135. The van der Waals surface area contributed by atoms with Crippen LogP contribution < -0.4 is 5.32 Å². The highest BCUT2D eigenvalue weighted by atomic mass is 35.5. The molecule has 2 aromatic rings. The molecule has 25 heavy (non-hydrogen) atoms. The Bertz CT molecular complexity index is 693. The Hall–Kier alpha value is -1.17. The summed E-state index contributed by atoms with van der Waals surface area (Å²) in [7, 11) is 0.